The summed E-state index contributed by atoms with van der Waals surface area (Å²) in [6, 6.07) is 1.05. The fraction of sp³-hybridized carbons (Fsp3) is 0.444. The second kappa shape index (κ2) is 5.01. The van der Waals surface area contributed by atoms with Crippen molar-refractivity contribution in [2.75, 3.05) is 0 Å². The quantitative estimate of drug-likeness (QED) is 0.861. The van der Waals surface area contributed by atoms with E-state index >= 15 is 0 Å². The lowest BCUT2D eigenvalue weighted by molar-refractivity contribution is -0.300. The minimum atomic E-state index is -5.61. The van der Waals surface area contributed by atoms with E-state index in [4.69, 9.17) is 5.11 Å². The van der Waals surface area contributed by atoms with Gasteiger partial charge in [-0.15, -0.1) is 0 Å². The molecule has 1 aromatic heterocycles. The molecule has 102 valence electrons. The Kier molecular flexibility index (Phi) is 4.05. The fourth-order valence-corrected chi connectivity index (χ4v) is 1.09. The minimum absolute atomic E-state index is 0.219. The number of hydrogen-bond donors (Lipinski definition) is 1. The molecule has 0 aliphatic heterocycles. The van der Waals surface area contributed by atoms with Gasteiger partial charge in [-0.05, 0) is 6.07 Å². The number of nitrogens with zero attached hydrogens (tertiary/aromatic N) is 1. The molecule has 0 aliphatic rings. The smallest absolute Gasteiger partial charge is 0.434 e. The number of rotatable bonds is 3. The van der Waals surface area contributed by atoms with E-state index in [9.17, 15) is 26.3 Å². The molecule has 0 atom stereocenters. The normalized spacial score (nSPS) is 12.9. The van der Waals surface area contributed by atoms with Crippen LogP contribution in [0.5, 0.6) is 5.75 Å². The molecule has 0 fully saturated rings. The minimum Gasteiger partial charge on any atom is -0.469 e. The van der Waals surface area contributed by atoms with E-state index in [0.717, 1.165) is 12.3 Å². The highest BCUT2D eigenvalue weighted by atomic mass is 19.4. The zero-order valence-corrected chi connectivity index (χ0v) is 8.59. The first-order chi connectivity index (χ1) is 8.16. The molecule has 9 heteroatoms. The van der Waals surface area contributed by atoms with Crippen LogP contribution in [-0.2, 0) is 6.61 Å². The summed E-state index contributed by atoms with van der Waals surface area (Å²) in [6.07, 6.45) is -13.4. The summed E-state index contributed by atoms with van der Waals surface area (Å²) in [5, 5.41) is 8.77. The number of halogens is 6. The number of pyridine rings is 1. The third kappa shape index (κ3) is 3.49. The van der Waals surface area contributed by atoms with Gasteiger partial charge < -0.3 is 9.84 Å². The molecule has 0 aliphatic carbocycles. The summed E-state index contributed by atoms with van der Waals surface area (Å²) >= 11 is 0. The third-order valence-corrected chi connectivity index (χ3v) is 1.88. The Bertz CT molecular complexity index is 389. The summed E-state index contributed by atoms with van der Waals surface area (Å²) in [6.45, 7) is -0.764. The Morgan fingerprint density at radius 2 is 1.72 bits per heavy atom. The highest BCUT2D eigenvalue weighted by Gasteiger charge is 2.59. The number of alkyl halides is 6. The van der Waals surface area contributed by atoms with E-state index in [1.807, 2.05) is 0 Å². The molecule has 0 saturated heterocycles. The van der Waals surface area contributed by atoms with Gasteiger partial charge in [0.05, 0.1) is 12.8 Å². The summed E-state index contributed by atoms with van der Waals surface area (Å²) in [4.78, 5) is 3.34. The average Bonchev–Trinajstić information content (AvgIpc) is 2.23. The maximum atomic E-state index is 12.2. The second-order valence-corrected chi connectivity index (χ2v) is 3.22. The zero-order valence-electron chi connectivity index (χ0n) is 8.59. The molecule has 0 amide bonds. The molecule has 1 N–H and O–H groups in total. The van der Waals surface area contributed by atoms with E-state index < -0.39 is 30.8 Å². The van der Waals surface area contributed by atoms with E-state index in [1.165, 1.54) is 0 Å². The summed E-state index contributed by atoms with van der Waals surface area (Å²) in [7, 11) is 0. The van der Waals surface area contributed by atoms with Crippen molar-refractivity contribution in [3.63, 3.8) is 0 Å². The fourth-order valence-electron chi connectivity index (χ4n) is 1.09. The number of hydrogen-bond acceptors (Lipinski definition) is 3. The van der Waals surface area contributed by atoms with Gasteiger partial charge in [0.2, 0.25) is 0 Å². The Hall–Kier alpha value is -1.51. The number of aromatic nitrogens is 1. The van der Waals surface area contributed by atoms with Gasteiger partial charge in [0, 0.05) is 11.8 Å². The molecule has 0 aromatic carbocycles. The van der Waals surface area contributed by atoms with Gasteiger partial charge in [0.15, 0.2) is 0 Å². The topological polar surface area (TPSA) is 42.4 Å². The first-order valence-corrected chi connectivity index (χ1v) is 4.50. The van der Waals surface area contributed by atoms with Gasteiger partial charge >= 0.3 is 12.4 Å². The molecule has 0 spiro atoms. The monoisotopic (exact) mass is 275 g/mol. The van der Waals surface area contributed by atoms with Crippen molar-refractivity contribution >= 4 is 0 Å². The van der Waals surface area contributed by atoms with Crippen LogP contribution in [0, 0.1) is 0 Å². The third-order valence-electron chi connectivity index (χ3n) is 1.88. The van der Waals surface area contributed by atoms with Crippen molar-refractivity contribution in [3.8, 4) is 5.75 Å². The maximum Gasteiger partial charge on any atom is 0.434 e. The van der Waals surface area contributed by atoms with Crippen LogP contribution in [0.15, 0.2) is 18.5 Å². The number of ether oxygens (including phenoxy) is 1. The van der Waals surface area contributed by atoms with Crippen LogP contribution in [-0.4, -0.2) is 28.5 Å². The lowest BCUT2D eigenvalue weighted by atomic mass is 10.2. The van der Waals surface area contributed by atoms with Crippen LogP contribution in [0.3, 0.4) is 0 Å². The maximum absolute atomic E-state index is 12.2. The van der Waals surface area contributed by atoms with E-state index in [1.54, 1.807) is 0 Å². The van der Waals surface area contributed by atoms with Crippen molar-refractivity contribution in [3.05, 3.63) is 24.0 Å². The van der Waals surface area contributed by atoms with Crippen LogP contribution in [0.4, 0.5) is 26.3 Å². The SMILES string of the molecule is OCc1ccncc1OC(C(F)(F)F)C(F)(F)F. The van der Waals surface area contributed by atoms with E-state index in [-0.39, 0.29) is 5.56 Å². The van der Waals surface area contributed by atoms with Crippen molar-refractivity contribution < 1.29 is 36.2 Å². The molecule has 0 bridgehead atoms. The van der Waals surface area contributed by atoms with Crippen molar-refractivity contribution in [2.45, 2.75) is 25.1 Å². The van der Waals surface area contributed by atoms with Crippen molar-refractivity contribution in [1.29, 1.82) is 0 Å². The van der Waals surface area contributed by atoms with Crippen LogP contribution in [0.25, 0.3) is 0 Å². The zero-order chi connectivity index (χ0) is 14.0. The highest BCUT2D eigenvalue weighted by Crippen LogP contribution is 2.37. The molecule has 0 radical (unpaired) electrons. The molecule has 1 heterocycles. The molecule has 0 saturated carbocycles. The Balaban J connectivity index is 3.05. The Labute approximate surface area is 97.0 Å². The first kappa shape index (κ1) is 14.6. The molecule has 0 unspecified atom stereocenters. The van der Waals surface area contributed by atoms with Gasteiger partial charge in [-0.2, -0.15) is 26.3 Å². The number of aliphatic hydroxyl groups excluding tert-OH is 1. The molecule has 3 nitrogen and oxygen atoms in total. The van der Waals surface area contributed by atoms with Gasteiger partial charge in [0.25, 0.3) is 6.10 Å². The standard InChI is InChI=1S/C9H7F6NO2/c10-8(11,12)7(9(13,14)15)18-6-3-16-2-1-5(6)4-17/h1-3,7,17H,4H2. The second-order valence-electron chi connectivity index (χ2n) is 3.22. The Morgan fingerprint density at radius 3 is 2.17 bits per heavy atom. The van der Waals surface area contributed by atoms with Crippen molar-refractivity contribution in [2.24, 2.45) is 0 Å². The molecular formula is C9H7F6NO2. The lowest BCUT2D eigenvalue weighted by Crippen LogP contribution is -2.46. The Morgan fingerprint density at radius 1 is 1.17 bits per heavy atom. The summed E-state index contributed by atoms with van der Waals surface area (Å²) < 4.78 is 77.1. The first-order valence-electron chi connectivity index (χ1n) is 4.50. The summed E-state index contributed by atoms with van der Waals surface area (Å²) in [5.74, 6) is -0.764. The van der Waals surface area contributed by atoms with Crippen LogP contribution in [0.2, 0.25) is 0 Å². The molecule has 18 heavy (non-hydrogen) atoms. The molecule has 1 aromatic rings. The van der Waals surface area contributed by atoms with Gasteiger partial charge in [-0.3, -0.25) is 4.98 Å². The molecule has 1 rings (SSSR count). The average molecular weight is 275 g/mol. The predicted octanol–water partition coefficient (Wildman–Crippen LogP) is 2.45. The van der Waals surface area contributed by atoms with Crippen molar-refractivity contribution in [1.82, 2.24) is 4.98 Å². The van der Waals surface area contributed by atoms with Gasteiger partial charge in [0.1, 0.15) is 5.75 Å². The summed E-state index contributed by atoms with van der Waals surface area (Å²) in [5.41, 5.74) is -0.219. The molecular weight excluding hydrogens is 268 g/mol. The van der Waals surface area contributed by atoms with Crippen LogP contribution < -0.4 is 4.74 Å². The van der Waals surface area contributed by atoms with E-state index in [2.05, 4.69) is 9.72 Å². The predicted molar refractivity (Wildman–Crippen MR) is 46.7 cm³/mol. The van der Waals surface area contributed by atoms with Crippen LogP contribution in [0.1, 0.15) is 5.56 Å². The van der Waals surface area contributed by atoms with Gasteiger partial charge in [-0.1, -0.05) is 0 Å². The largest absolute Gasteiger partial charge is 0.469 e. The van der Waals surface area contributed by atoms with Crippen LogP contribution >= 0.6 is 0 Å². The highest BCUT2D eigenvalue weighted by molar-refractivity contribution is 5.29. The van der Waals surface area contributed by atoms with E-state index in [0.29, 0.717) is 6.20 Å². The lowest BCUT2D eigenvalue weighted by Gasteiger charge is -2.24. The number of aliphatic hydroxyl groups is 1. The van der Waals surface area contributed by atoms with Gasteiger partial charge in [-0.25, -0.2) is 0 Å².